The van der Waals surface area contributed by atoms with Crippen LogP contribution in [0.2, 0.25) is 0 Å². The number of hydrogen-bond donors (Lipinski definition) is 2. The lowest BCUT2D eigenvalue weighted by Gasteiger charge is -2.43. The van der Waals surface area contributed by atoms with Crippen molar-refractivity contribution in [1.29, 1.82) is 0 Å². The van der Waals surface area contributed by atoms with Crippen molar-refractivity contribution in [1.82, 2.24) is 15.1 Å². The van der Waals surface area contributed by atoms with Crippen molar-refractivity contribution in [3.8, 4) is 5.75 Å². The maximum atomic E-state index is 13.3. The highest BCUT2D eigenvalue weighted by Gasteiger charge is 2.31. The van der Waals surface area contributed by atoms with Crippen LogP contribution in [0.15, 0.2) is 24.3 Å². The number of carbonyl (C=O) groups is 2. The van der Waals surface area contributed by atoms with Gasteiger partial charge in [-0.1, -0.05) is 13.8 Å². The molecule has 2 N–H and O–H groups in total. The molecule has 0 aliphatic carbocycles. The fraction of sp³-hybridized carbons (Fsp3) is 0.652. The number of carbonyl (C=O) groups excluding carboxylic acids is 1. The molecule has 3 rings (SSSR count). The minimum atomic E-state index is -1.02. The molecule has 0 bridgehead atoms. The second-order valence-corrected chi connectivity index (χ2v) is 8.81. The van der Waals surface area contributed by atoms with Crippen LogP contribution in [0, 0.1) is 5.92 Å². The highest BCUT2D eigenvalue weighted by atomic mass is 35.5. The zero-order valence-electron chi connectivity index (χ0n) is 19.0. The van der Waals surface area contributed by atoms with Crippen molar-refractivity contribution in [2.75, 3.05) is 39.3 Å². The van der Waals surface area contributed by atoms with E-state index >= 15 is 0 Å². The number of amides is 1. The second-order valence-electron chi connectivity index (χ2n) is 8.81. The van der Waals surface area contributed by atoms with Gasteiger partial charge in [-0.3, -0.25) is 4.79 Å². The molecule has 2 saturated heterocycles. The summed E-state index contributed by atoms with van der Waals surface area (Å²) < 4.78 is 5.18. The van der Waals surface area contributed by atoms with Gasteiger partial charge in [0.1, 0.15) is 5.75 Å². The molecule has 1 amide bonds. The van der Waals surface area contributed by atoms with Crippen molar-refractivity contribution in [2.24, 2.45) is 5.92 Å². The first-order chi connectivity index (χ1) is 14.4. The Morgan fingerprint density at radius 3 is 2.22 bits per heavy atom. The van der Waals surface area contributed by atoms with E-state index in [-0.39, 0.29) is 43.4 Å². The summed E-state index contributed by atoms with van der Waals surface area (Å²) in [5.74, 6) is -0.114. The first-order valence-electron chi connectivity index (χ1n) is 11.1. The summed E-state index contributed by atoms with van der Waals surface area (Å²) in [6, 6.07) is 7.75. The first-order valence-corrected chi connectivity index (χ1v) is 11.1. The highest BCUT2D eigenvalue weighted by Crippen LogP contribution is 2.24. The largest absolute Gasteiger partial charge is 0.482 e. The van der Waals surface area contributed by atoms with E-state index in [4.69, 9.17) is 9.84 Å². The predicted molar refractivity (Wildman–Crippen MR) is 130 cm³/mol. The molecule has 0 aromatic heterocycles. The zero-order chi connectivity index (χ0) is 21.5. The molecule has 0 unspecified atom stereocenters. The number of nitrogens with one attached hydrogen (secondary N) is 1. The summed E-state index contributed by atoms with van der Waals surface area (Å²) in [7, 11) is 0. The van der Waals surface area contributed by atoms with Crippen molar-refractivity contribution in [3.05, 3.63) is 29.8 Å². The number of nitrogens with zero attached hydrogens (tertiary/aromatic N) is 2. The monoisotopic (exact) mass is 489 g/mol. The van der Waals surface area contributed by atoms with Gasteiger partial charge in [-0.25, -0.2) is 4.79 Å². The third-order valence-electron chi connectivity index (χ3n) is 6.05. The Morgan fingerprint density at radius 2 is 1.69 bits per heavy atom. The molecule has 0 spiro atoms. The molecule has 0 radical (unpaired) electrons. The summed E-state index contributed by atoms with van der Waals surface area (Å²) in [5, 5.41) is 12.2. The van der Waals surface area contributed by atoms with E-state index in [0.29, 0.717) is 23.3 Å². The number of carboxylic acid groups (broad SMARTS) is 1. The van der Waals surface area contributed by atoms with Gasteiger partial charge in [-0.2, -0.15) is 0 Å². The number of likely N-dealkylation sites (tertiary alicyclic amines) is 1. The fourth-order valence-electron chi connectivity index (χ4n) is 4.53. The molecular formula is C23H37Cl2N3O4. The smallest absolute Gasteiger partial charge is 0.341 e. The van der Waals surface area contributed by atoms with Crippen LogP contribution >= 0.6 is 24.8 Å². The highest BCUT2D eigenvalue weighted by molar-refractivity contribution is 5.94. The number of piperidine rings is 2. The average Bonchev–Trinajstić information content (AvgIpc) is 2.76. The molecule has 2 aliphatic heterocycles. The Hall–Kier alpha value is -1.54. The Kier molecular flexibility index (Phi) is 12.4. The SMILES string of the molecule is CC(C)CN(C(=O)c1ccc(OCC(=O)O)cc1)C1CCN(C2CCNCC2)CC1.Cl.Cl. The lowest BCUT2D eigenvalue weighted by molar-refractivity contribution is -0.139. The van der Waals surface area contributed by atoms with E-state index in [1.54, 1.807) is 24.3 Å². The average molecular weight is 490 g/mol. The maximum Gasteiger partial charge on any atom is 0.341 e. The van der Waals surface area contributed by atoms with E-state index in [9.17, 15) is 9.59 Å². The fourth-order valence-corrected chi connectivity index (χ4v) is 4.53. The molecule has 0 atom stereocenters. The molecule has 182 valence electrons. The van der Waals surface area contributed by atoms with Crippen molar-refractivity contribution in [2.45, 2.75) is 51.6 Å². The molecule has 0 saturated carbocycles. The minimum absolute atomic E-state index is 0. The van der Waals surface area contributed by atoms with Crippen LogP contribution in [0.3, 0.4) is 0 Å². The number of hydrogen-bond acceptors (Lipinski definition) is 5. The van der Waals surface area contributed by atoms with Gasteiger partial charge in [0.15, 0.2) is 6.61 Å². The number of carboxylic acids is 1. The van der Waals surface area contributed by atoms with Gasteiger partial charge >= 0.3 is 5.97 Å². The lowest BCUT2D eigenvalue weighted by atomic mass is 9.96. The number of benzene rings is 1. The molecule has 1 aromatic rings. The zero-order valence-corrected chi connectivity index (χ0v) is 20.6. The first kappa shape index (κ1) is 28.5. The Bertz CT molecular complexity index is 704. The van der Waals surface area contributed by atoms with Gasteiger partial charge < -0.3 is 25.0 Å². The number of ether oxygens (including phenoxy) is 1. The van der Waals surface area contributed by atoms with Crippen LogP contribution in [-0.4, -0.2) is 78.2 Å². The molecule has 7 nitrogen and oxygen atoms in total. The Morgan fingerprint density at radius 1 is 1.09 bits per heavy atom. The quantitative estimate of drug-likeness (QED) is 0.582. The van der Waals surface area contributed by atoms with Crippen molar-refractivity contribution < 1.29 is 19.4 Å². The molecule has 2 aliphatic rings. The predicted octanol–water partition coefficient (Wildman–Crippen LogP) is 3.31. The van der Waals surface area contributed by atoms with Crippen LogP contribution in [0.4, 0.5) is 0 Å². The van der Waals surface area contributed by atoms with Crippen molar-refractivity contribution >= 4 is 36.7 Å². The Balaban J connectivity index is 0.00000256. The summed E-state index contributed by atoms with van der Waals surface area (Å²) in [4.78, 5) is 28.6. The number of rotatable bonds is 8. The second kappa shape index (κ2) is 13.9. The van der Waals surface area contributed by atoms with Crippen molar-refractivity contribution in [3.63, 3.8) is 0 Å². The summed E-state index contributed by atoms with van der Waals surface area (Å²) >= 11 is 0. The van der Waals surface area contributed by atoms with Crippen LogP contribution in [0.1, 0.15) is 49.9 Å². The van der Waals surface area contributed by atoms with E-state index in [1.807, 2.05) is 0 Å². The van der Waals surface area contributed by atoms with E-state index in [0.717, 1.165) is 45.6 Å². The van der Waals surface area contributed by atoms with Gasteiger partial charge in [0.2, 0.25) is 0 Å². The third-order valence-corrected chi connectivity index (χ3v) is 6.05. The molecule has 1 aromatic carbocycles. The van der Waals surface area contributed by atoms with Crippen LogP contribution in [-0.2, 0) is 4.79 Å². The molecule has 32 heavy (non-hydrogen) atoms. The van der Waals surface area contributed by atoms with Gasteiger partial charge in [0.25, 0.3) is 5.91 Å². The Labute approximate surface area is 203 Å². The normalized spacial score (nSPS) is 17.8. The molecule has 2 fully saturated rings. The van der Waals surface area contributed by atoms with Gasteiger partial charge in [-0.05, 0) is 69.0 Å². The van der Waals surface area contributed by atoms with Gasteiger partial charge in [0, 0.05) is 37.3 Å². The van der Waals surface area contributed by atoms with Crippen LogP contribution in [0.25, 0.3) is 0 Å². The van der Waals surface area contributed by atoms with Crippen LogP contribution < -0.4 is 10.1 Å². The number of halogens is 2. The third kappa shape index (κ3) is 8.10. The van der Waals surface area contributed by atoms with E-state index in [2.05, 4.69) is 29.0 Å². The van der Waals surface area contributed by atoms with E-state index in [1.165, 1.54) is 12.8 Å². The summed E-state index contributed by atoms with van der Waals surface area (Å²) in [6.07, 6.45) is 4.47. The van der Waals surface area contributed by atoms with Crippen LogP contribution in [0.5, 0.6) is 5.75 Å². The lowest BCUT2D eigenvalue weighted by Crippen LogP contribution is -2.52. The molecule has 9 heteroatoms. The van der Waals surface area contributed by atoms with E-state index < -0.39 is 5.97 Å². The standard InChI is InChI=1S/C23H35N3O4.2ClH/c1-17(2)15-26(20-9-13-25(14-10-20)19-7-11-24-12-8-19)23(29)18-3-5-21(6-4-18)30-16-22(27)28;;/h3-6,17,19-20,24H,7-16H2,1-2H3,(H,27,28);2*1H. The van der Waals surface area contributed by atoms with Gasteiger partial charge in [-0.15, -0.1) is 24.8 Å². The number of aliphatic carboxylic acids is 1. The topological polar surface area (TPSA) is 82.1 Å². The minimum Gasteiger partial charge on any atom is -0.482 e. The summed E-state index contributed by atoms with van der Waals surface area (Å²) in [6.45, 7) is 8.97. The summed E-state index contributed by atoms with van der Waals surface area (Å²) in [5.41, 5.74) is 0.624. The molecule has 2 heterocycles. The van der Waals surface area contributed by atoms with Gasteiger partial charge in [0.05, 0.1) is 0 Å². The molecular weight excluding hydrogens is 453 g/mol. The maximum absolute atomic E-state index is 13.3.